The third kappa shape index (κ3) is 4.81. The Morgan fingerprint density at radius 1 is 1.21 bits per heavy atom. The summed E-state index contributed by atoms with van der Waals surface area (Å²) >= 11 is 0. The van der Waals surface area contributed by atoms with Gasteiger partial charge < -0.3 is 29.9 Å². The molecule has 0 aliphatic rings. The van der Waals surface area contributed by atoms with E-state index in [1.165, 1.54) is 31.3 Å². The van der Waals surface area contributed by atoms with Crippen molar-refractivity contribution in [1.29, 1.82) is 0 Å². The molecule has 10 heteroatoms. The highest BCUT2D eigenvalue weighted by molar-refractivity contribution is 5.99. The number of carbonyl (C=O) groups excluding carboxylic acids is 1. The van der Waals surface area contributed by atoms with Gasteiger partial charge in [0.25, 0.3) is 5.91 Å². The number of aryl methyl sites for hydroxylation is 1. The maximum atomic E-state index is 12.2. The van der Waals surface area contributed by atoms with Crippen molar-refractivity contribution in [1.82, 2.24) is 5.43 Å². The van der Waals surface area contributed by atoms with Crippen molar-refractivity contribution in [2.24, 2.45) is 5.10 Å². The van der Waals surface area contributed by atoms with E-state index >= 15 is 0 Å². The van der Waals surface area contributed by atoms with Gasteiger partial charge in [0.15, 0.2) is 0 Å². The van der Waals surface area contributed by atoms with E-state index in [9.17, 15) is 24.9 Å². The van der Waals surface area contributed by atoms with E-state index in [1.54, 1.807) is 12.1 Å². The van der Waals surface area contributed by atoms with Crippen molar-refractivity contribution in [3.63, 3.8) is 0 Å². The fraction of sp³-hybridized carbons (Fsp3) is 0.278. The van der Waals surface area contributed by atoms with Gasteiger partial charge in [-0.1, -0.05) is 18.2 Å². The molecule has 10 nitrogen and oxygen atoms in total. The second kappa shape index (κ2) is 9.24. The molecule has 3 atom stereocenters. The molecule has 0 unspecified atom stereocenters. The number of carboxylic acids is 1. The predicted molar refractivity (Wildman–Crippen MR) is 96.0 cm³/mol. The molecule has 0 spiro atoms. The van der Waals surface area contributed by atoms with Crippen molar-refractivity contribution < 1.29 is 39.5 Å². The Bertz CT molecular complexity index is 876. The molecule has 2 rings (SSSR count). The summed E-state index contributed by atoms with van der Waals surface area (Å²) in [7, 11) is 0. The number of furan rings is 1. The fourth-order valence-corrected chi connectivity index (χ4v) is 2.39. The zero-order valence-electron chi connectivity index (χ0n) is 14.8. The summed E-state index contributed by atoms with van der Waals surface area (Å²) in [6.45, 7) is 0.682. The second-order valence-corrected chi connectivity index (χ2v) is 5.90. The van der Waals surface area contributed by atoms with Gasteiger partial charge in [-0.25, -0.2) is 10.2 Å². The summed E-state index contributed by atoms with van der Waals surface area (Å²) < 4.78 is 5.24. The average Bonchev–Trinajstić information content (AvgIpc) is 3.08. The highest BCUT2D eigenvalue weighted by Gasteiger charge is 2.29. The van der Waals surface area contributed by atoms with E-state index in [-0.39, 0.29) is 28.2 Å². The largest absolute Gasteiger partial charge is 0.478 e. The Morgan fingerprint density at radius 2 is 1.89 bits per heavy atom. The third-order valence-electron chi connectivity index (χ3n) is 3.94. The van der Waals surface area contributed by atoms with E-state index in [0.29, 0.717) is 0 Å². The van der Waals surface area contributed by atoms with Gasteiger partial charge in [-0.3, -0.25) is 4.79 Å². The number of aliphatic hydroxyl groups is 4. The van der Waals surface area contributed by atoms with Crippen LogP contribution in [0.2, 0.25) is 0 Å². The fourth-order valence-electron chi connectivity index (χ4n) is 2.39. The number of carbonyl (C=O) groups is 2. The lowest BCUT2D eigenvalue weighted by atomic mass is 10.1. The van der Waals surface area contributed by atoms with Crippen LogP contribution >= 0.6 is 0 Å². The first kappa shape index (κ1) is 21.3. The van der Waals surface area contributed by atoms with E-state index in [1.807, 2.05) is 0 Å². The maximum absolute atomic E-state index is 12.2. The molecule has 6 N–H and O–H groups in total. The average molecular weight is 392 g/mol. The molecule has 0 saturated heterocycles. The first-order valence-electron chi connectivity index (χ1n) is 8.17. The highest BCUT2D eigenvalue weighted by Crippen LogP contribution is 2.24. The molecule has 0 fully saturated rings. The number of benzene rings is 1. The van der Waals surface area contributed by atoms with Crippen LogP contribution < -0.4 is 5.43 Å². The first-order chi connectivity index (χ1) is 13.3. The van der Waals surface area contributed by atoms with Crippen molar-refractivity contribution in [3.8, 4) is 0 Å². The number of nitrogens with zero attached hydrogens (tertiary/aromatic N) is 1. The Kier molecular flexibility index (Phi) is 7.01. The first-order valence-corrected chi connectivity index (χ1v) is 8.17. The van der Waals surface area contributed by atoms with Crippen LogP contribution in [0.25, 0.3) is 0 Å². The van der Waals surface area contributed by atoms with Gasteiger partial charge in [-0.15, -0.1) is 0 Å². The highest BCUT2D eigenvalue weighted by atomic mass is 16.4. The van der Waals surface area contributed by atoms with Crippen LogP contribution in [0.15, 0.2) is 39.9 Å². The third-order valence-corrected chi connectivity index (χ3v) is 3.94. The minimum atomic E-state index is -1.71. The van der Waals surface area contributed by atoms with Gasteiger partial charge in [0, 0.05) is 5.56 Å². The van der Waals surface area contributed by atoms with Crippen LogP contribution in [0.5, 0.6) is 0 Å². The molecule has 1 heterocycles. The molecule has 2 aromatic rings. The van der Waals surface area contributed by atoms with Crippen molar-refractivity contribution in [2.75, 3.05) is 6.61 Å². The molecule has 0 bridgehead atoms. The summed E-state index contributed by atoms with van der Waals surface area (Å²) in [5.41, 5.74) is 2.53. The Morgan fingerprint density at radius 3 is 2.54 bits per heavy atom. The minimum Gasteiger partial charge on any atom is -0.478 e. The second-order valence-electron chi connectivity index (χ2n) is 5.90. The molecule has 0 aliphatic heterocycles. The van der Waals surface area contributed by atoms with Gasteiger partial charge in [0.2, 0.25) is 0 Å². The lowest BCUT2D eigenvalue weighted by molar-refractivity contribution is -0.0837. The topological polar surface area (TPSA) is 173 Å². The molecule has 1 aromatic heterocycles. The predicted octanol–water partition coefficient (Wildman–Crippen LogP) is -0.202. The van der Waals surface area contributed by atoms with Gasteiger partial charge in [0.1, 0.15) is 29.8 Å². The summed E-state index contributed by atoms with van der Waals surface area (Å²) in [6, 6.07) is 7.26. The number of aliphatic hydroxyl groups excluding tert-OH is 4. The van der Waals surface area contributed by atoms with Crippen LogP contribution in [0.3, 0.4) is 0 Å². The molecule has 0 radical (unpaired) electrons. The van der Waals surface area contributed by atoms with Crippen LogP contribution in [0.1, 0.15) is 43.9 Å². The monoisotopic (exact) mass is 392 g/mol. The number of hydrogen-bond donors (Lipinski definition) is 6. The zero-order valence-corrected chi connectivity index (χ0v) is 14.8. The molecule has 1 aromatic carbocycles. The number of rotatable bonds is 8. The normalized spacial score (nSPS) is 14.6. The summed E-state index contributed by atoms with van der Waals surface area (Å²) in [4.78, 5) is 23.4. The van der Waals surface area contributed by atoms with E-state index in [2.05, 4.69) is 10.5 Å². The number of amides is 1. The van der Waals surface area contributed by atoms with E-state index in [4.69, 9.17) is 14.6 Å². The Labute approximate surface area is 159 Å². The zero-order chi connectivity index (χ0) is 20.8. The Hall–Kier alpha value is -3.05. The lowest BCUT2D eigenvalue weighted by Crippen LogP contribution is -2.34. The lowest BCUT2D eigenvalue weighted by Gasteiger charge is -2.19. The number of hydrogen-bond acceptors (Lipinski definition) is 8. The molecular formula is C18H20N2O8. The number of carboxylic acid groups (broad SMARTS) is 1. The van der Waals surface area contributed by atoms with Crippen LogP contribution in [-0.2, 0) is 0 Å². The van der Waals surface area contributed by atoms with Gasteiger partial charge in [0.05, 0.1) is 23.9 Å². The van der Waals surface area contributed by atoms with Crippen molar-refractivity contribution >= 4 is 18.1 Å². The molecule has 0 saturated carbocycles. The number of hydrazone groups is 1. The van der Waals surface area contributed by atoms with Gasteiger partial charge in [-0.05, 0) is 19.1 Å². The van der Waals surface area contributed by atoms with Gasteiger partial charge in [-0.2, -0.15) is 5.10 Å². The SMILES string of the molecule is Cc1oc([C@@H](O)[C@@H](O)[C@H](O)CO)cc1C(=O)N/N=C/c1ccccc1C(=O)O. The van der Waals surface area contributed by atoms with Gasteiger partial charge >= 0.3 is 5.97 Å². The van der Waals surface area contributed by atoms with Crippen molar-refractivity contribution in [2.45, 2.75) is 25.2 Å². The van der Waals surface area contributed by atoms with Crippen molar-refractivity contribution in [3.05, 3.63) is 58.5 Å². The quantitative estimate of drug-likeness (QED) is 0.265. The molecular weight excluding hydrogens is 372 g/mol. The standard InChI is InChI=1S/C18H20N2O8/c1-9-12(6-14(28-9)16(24)15(23)13(22)8-21)17(25)20-19-7-10-4-2-3-5-11(10)18(26)27/h2-7,13,15-16,21-24H,8H2,1H3,(H,20,25)(H,26,27)/b19-7+/t13-,15+,16-/m1/s1. The molecule has 28 heavy (non-hydrogen) atoms. The van der Waals surface area contributed by atoms with Crippen LogP contribution in [0.4, 0.5) is 0 Å². The maximum Gasteiger partial charge on any atom is 0.336 e. The van der Waals surface area contributed by atoms with Crippen LogP contribution in [0, 0.1) is 6.92 Å². The molecule has 1 amide bonds. The Balaban J connectivity index is 2.12. The van der Waals surface area contributed by atoms with E-state index in [0.717, 1.165) is 0 Å². The smallest absolute Gasteiger partial charge is 0.336 e. The minimum absolute atomic E-state index is 0.0156. The molecule has 0 aliphatic carbocycles. The van der Waals surface area contributed by atoms with E-state index < -0.39 is 36.8 Å². The summed E-state index contributed by atoms with van der Waals surface area (Å²) in [5, 5.41) is 50.7. The summed E-state index contributed by atoms with van der Waals surface area (Å²) in [5.74, 6) is -1.89. The molecule has 150 valence electrons. The number of nitrogens with one attached hydrogen (secondary N) is 1. The number of aromatic carboxylic acids is 1. The summed E-state index contributed by atoms with van der Waals surface area (Å²) in [6.07, 6.45) is -3.78. The van der Waals surface area contributed by atoms with Crippen LogP contribution in [-0.4, -0.2) is 62.4 Å².